The molecule has 0 saturated heterocycles. The molecule has 1 aromatic carbocycles. The molecular weight excluding hydrogens is 166 g/mol. The standard InChI is InChI=1S/C8H10N2O.CH3N/c1-6(11)10-8-4-2-7(9)3-5-8;1-2/h2-5H,9H2,1H3,(H,10,11);2H,1H2. The number of amides is 1. The van der Waals surface area contributed by atoms with Crippen molar-refractivity contribution < 1.29 is 4.79 Å². The van der Waals surface area contributed by atoms with E-state index in [0.29, 0.717) is 5.69 Å². The minimum atomic E-state index is -0.0743. The van der Waals surface area contributed by atoms with Gasteiger partial charge in [0.15, 0.2) is 0 Å². The number of nitrogens with two attached hydrogens (primary N) is 1. The largest absolute Gasteiger partial charge is 0.399 e. The zero-order valence-electron chi connectivity index (χ0n) is 7.50. The highest BCUT2D eigenvalue weighted by Gasteiger charge is 1.92. The van der Waals surface area contributed by atoms with Crippen LogP contribution in [0.5, 0.6) is 0 Å². The molecule has 1 aromatic rings. The van der Waals surface area contributed by atoms with Crippen LogP contribution in [0.3, 0.4) is 0 Å². The van der Waals surface area contributed by atoms with E-state index in [1.54, 1.807) is 24.3 Å². The van der Waals surface area contributed by atoms with Gasteiger partial charge in [-0.1, -0.05) is 0 Å². The predicted octanol–water partition coefficient (Wildman–Crippen LogP) is 1.49. The molecular formula is C9H13N3O. The molecule has 0 aliphatic rings. The maximum absolute atomic E-state index is 10.6. The minimum absolute atomic E-state index is 0.0743. The van der Waals surface area contributed by atoms with Crippen LogP contribution in [0.25, 0.3) is 0 Å². The summed E-state index contributed by atoms with van der Waals surface area (Å²) in [6, 6.07) is 7.00. The van der Waals surface area contributed by atoms with Crippen molar-refractivity contribution in [1.82, 2.24) is 0 Å². The van der Waals surface area contributed by atoms with Crippen molar-refractivity contribution in [2.45, 2.75) is 6.92 Å². The summed E-state index contributed by atoms with van der Waals surface area (Å²) in [5, 5.41) is 8.14. The van der Waals surface area contributed by atoms with Gasteiger partial charge in [0.1, 0.15) is 0 Å². The lowest BCUT2D eigenvalue weighted by Gasteiger charge is -2.00. The highest BCUT2D eigenvalue weighted by molar-refractivity contribution is 5.88. The number of nitrogens with one attached hydrogen (secondary N) is 2. The van der Waals surface area contributed by atoms with Gasteiger partial charge in [-0.25, -0.2) is 0 Å². The van der Waals surface area contributed by atoms with Crippen LogP contribution in [0.2, 0.25) is 0 Å². The zero-order chi connectivity index (χ0) is 10.3. The Hall–Kier alpha value is -1.84. The van der Waals surface area contributed by atoms with Crippen molar-refractivity contribution in [2.24, 2.45) is 0 Å². The van der Waals surface area contributed by atoms with Gasteiger partial charge in [-0.2, -0.15) is 0 Å². The Bertz CT molecular complexity index is 269. The van der Waals surface area contributed by atoms with E-state index >= 15 is 0 Å². The summed E-state index contributed by atoms with van der Waals surface area (Å²) >= 11 is 0. The number of carbonyl (C=O) groups excluding carboxylic acids is 1. The fraction of sp³-hybridized carbons (Fsp3) is 0.111. The highest BCUT2D eigenvalue weighted by atomic mass is 16.1. The van der Waals surface area contributed by atoms with E-state index in [2.05, 4.69) is 12.0 Å². The molecule has 0 fully saturated rings. The fourth-order valence-corrected chi connectivity index (χ4v) is 0.770. The van der Waals surface area contributed by atoms with E-state index in [1.807, 2.05) is 0 Å². The van der Waals surface area contributed by atoms with Crippen LogP contribution >= 0.6 is 0 Å². The van der Waals surface area contributed by atoms with Crippen molar-refractivity contribution in [3.05, 3.63) is 24.3 Å². The van der Waals surface area contributed by atoms with E-state index in [-0.39, 0.29) is 5.91 Å². The normalized spacial score (nSPS) is 8.08. The van der Waals surface area contributed by atoms with Crippen LogP contribution < -0.4 is 11.1 Å². The van der Waals surface area contributed by atoms with E-state index in [4.69, 9.17) is 11.1 Å². The Labute approximate surface area is 77.3 Å². The van der Waals surface area contributed by atoms with E-state index < -0.39 is 0 Å². The number of benzene rings is 1. The Morgan fingerprint density at radius 3 is 2.23 bits per heavy atom. The molecule has 70 valence electrons. The second kappa shape index (κ2) is 5.77. The van der Waals surface area contributed by atoms with Crippen molar-refractivity contribution >= 4 is 24.0 Å². The maximum atomic E-state index is 10.6. The molecule has 0 spiro atoms. The third-order valence-corrected chi connectivity index (χ3v) is 1.23. The number of rotatable bonds is 1. The predicted molar refractivity (Wildman–Crippen MR) is 55.0 cm³/mol. The first kappa shape index (κ1) is 11.2. The van der Waals surface area contributed by atoms with Crippen LogP contribution in [-0.2, 0) is 4.79 Å². The van der Waals surface area contributed by atoms with Gasteiger partial charge in [0, 0.05) is 18.3 Å². The lowest BCUT2D eigenvalue weighted by molar-refractivity contribution is -0.114. The third kappa shape index (κ3) is 4.58. The first-order valence-corrected chi connectivity index (χ1v) is 3.67. The van der Waals surface area contributed by atoms with Crippen LogP contribution in [0.15, 0.2) is 24.3 Å². The molecule has 4 nitrogen and oxygen atoms in total. The molecule has 0 bridgehead atoms. The lowest BCUT2D eigenvalue weighted by Crippen LogP contribution is -2.05. The average molecular weight is 179 g/mol. The van der Waals surface area contributed by atoms with E-state index in [1.165, 1.54) is 6.92 Å². The third-order valence-electron chi connectivity index (χ3n) is 1.23. The van der Waals surface area contributed by atoms with Crippen LogP contribution in [0.4, 0.5) is 11.4 Å². The first-order chi connectivity index (χ1) is 6.18. The summed E-state index contributed by atoms with van der Waals surface area (Å²) in [5.41, 5.74) is 6.91. The molecule has 0 saturated carbocycles. The molecule has 4 N–H and O–H groups in total. The van der Waals surface area contributed by atoms with Crippen molar-refractivity contribution in [2.75, 3.05) is 11.1 Å². The van der Waals surface area contributed by atoms with Crippen LogP contribution in [0.1, 0.15) is 6.92 Å². The summed E-state index contributed by atoms with van der Waals surface area (Å²) in [6.07, 6.45) is 0. The molecule has 1 amide bonds. The summed E-state index contributed by atoms with van der Waals surface area (Å²) in [6.45, 7) is 3.97. The Kier molecular flexibility index (Phi) is 4.95. The molecule has 0 aliphatic heterocycles. The Morgan fingerprint density at radius 1 is 1.38 bits per heavy atom. The Morgan fingerprint density at radius 2 is 1.85 bits per heavy atom. The summed E-state index contributed by atoms with van der Waals surface area (Å²) < 4.78 is 0. The fourth-order valence-electron chi connectivity index (χ4n) is 0.770. The molecule has 0 aromatic heterocycles. The van der Waals surface area contributed by atoms with Gasteiger partial charge in [0.25, 0.3) is 0 Å². The first-order valence-electron chi connectivity index (χ1n) is 3.67. The molecule has 0 aliphatic carbocycles. The van der Waals surface area contributed by atoms with E-state index in [9.17, 15) is 4.79 Å². The quantitative estimate of drug-likeness (QED) is 0.451. The highest BCUT2D eigenvalue weighted by Crippen LogP contribution is 2.09. The Balaban J connectivity index is 0.000000671. The second-order valence-electron chi connectivity index (χ2n) is 2.30. The summed E-state index contributed by atoms with van der Waals surface area (Å²) in [7, 11) is 0. The number of nitrogen functional groups attached to an aromatic ring is 1. The molecule has 0 unspecified atom stereocenters. The number of hydrogen-bond donors (Lipinski definition) is 3. The minimum Gasteiger partial charge on any atom is -0.399 e. The monoisotopic (exact) mass is 179 g/mol. The van der Waals surface area contributed by atoms with Gasteiger partial charge in [0.2, 0.25) is 5.91 Å². The molecule has 1 rings (SSSR count). The SMILES string of the molecule is C=N.CC(=O)Nc1ccc(N)cc1. The second-order valence-corrected chi connectivity index (χ2v) is 2.30. The summed E-state index contributed by atoms with van der Waals surface area (Å²) in [5.74, 6) is -0.0743. The van der Waals surface area contributed by atoms with Gasteiger partial charge in [0.05, 0.1) is 0 Å². The zero-order valence-corrected chi connectivity index (χ0v) is 7.50. The van der Waals surface area contributed by atoms with Crippen molar-refractivity contribution in [3.63, 3.8) is 0 Å². The lowest BCUT2D eigenvalue weighted by atomic mass is 10.3. The average Bonchev–Trinajstić information content (AvgIpc) is 2.12. The molecule has 0 atom stereocenters. The number of anilines is 2. The van der Waals surface area contributed by atoms with Gasteiger partial charge < -0.3 is 16.5 Å². The van der Waals surface area contributed by atoms with Gasteiger partial charge >= 0.3 is 0 Å². The number of hydrogen-bond acceptors (Lipinski definition) is 3. The van der Waals surface area contributed by atoms with Gasteiger partial charge in [-0.3, -0.25) is 4.79 Å². The van der Waals surface area contributed by atoms with Gasteiger partial charge in [-0.05, 0) is 31.0 Å². The molecule has 4 heteroatoms. The molecule has 0 heterocycles. The van der Waals surface area contributed by atoms with Crippen LogP contribution in [-0.4, -0.2) is 12.6 Å². The molecule has 0 radical (unpaired) electrons. The van der Waals surface area contributed by atoms with Crippen molar-refractivity contribution in [1.29, 1.82) is 5.41 Å². The maximum Gasteiger partial charge on any atom is 0.221 e. The molecule has 13 heavy (non-hydrogen) atoms. The van der Waals surface area contributed by atoms with E-state index in [0.717, 1.165) is 5.69 Å². The van der Waals surface area contributed by atoms with Crippen LogP contribution in [0, 0.1) is 5.41 Å². The number of carbonyl (C=O) groups is 1. The van der Waals surface area contributed by atoms with Crippen molar-refractivity contribution in [3.8, 4) is 0 Å². The smallest absolute Gasteiger partial charge is 0.221 e. The summed E-state index contributed by atoms with van der Waals surface area (Å²) in [4.78, 5) is 10.6. The topological polar surface area (TPSA) is 79.0 Å². The van der Waals surface area contributed by atoms with Gasteiger partial charge in [-0.15, -0.1) is 0 Å².